The number of piperidine rings is 1. The molecule has 18 heavy (non-hydrogen) atoms. The molecule has 0 aliphatic carbocycles. The van der Waals surface area contributed by atoms with Crippen molar-refractivity contribution in [2.45, 2.75) is 51.7 Å². The third kappa shape index (κ3) is 3.56. The summed E-state index contributed by atoms with van der Waals surface area (Å²) in [6.07, 6.45) is 4.18. The number of aliphatic hydroxyl groups excluding tert-OH is 1. The zero-order valence-electron chi connectivity index (χ0n) is 11.6. The summed E-state index contributed by atoms with van der Waals surface area (Å²) < 4.78 is 0. The zero-order chi connectivity index (χ0) is 13.0. The number of hydrogen-bond donors (Lipinski definition) is 1. The predicted molar refractivity (Wildman–Crippen MR) is 75.8 cm³/mol. The Morgan fingerprint density at radius 1 is 1.33 bits per heavy atom. The Morgan fingerprint density at radius 2 is 2.11 bits per heavy atom. The summed E-state index contributed by atoms with van der Waals surface area (Å²) >= 11 is 0. The Kier molecular flexibility index (Phi) is 4.79. The molecule has 1 N–H and O–H groups in total. The van der Waals surface area contributed by atoms with Gasteiger partial charge in [0.2, 0.25) is 0 Å². The van der Waals surface area contributed by atoms with Crippen LogP contribution in [0, 0.1) is 6.92 Å². The first-order valence-corrected chi connectivity index (χ1v) is 7.13. The maximum atomic E-state index is 9.61. The van der Waals surface area contributed by atoms with Crippen molar-refractivity contribution in [3.63, 3.8) is 0 Å². The van der Waals surface area contributed by atoms with Crippen molar-refractivity contribution < 1.29 is 5.11 Å². The molecular weight excluding hydrogens is 222 g/mol. The lowest BCUT2D eigenvalue weighted by Gasteiger charge is -2.35. The first kappa shape index (κ1) is 13.6. The molecule has 1 aromatic rings. The fraction of sp³-hybridized carbons (Fsp3) is 0.625. The van der Waals surface area contributed by atoms with Crippen molar-refractivity contribution in [2.75, 3.05) is 13.1 Å². The molecule has 0 radical (unpaired) electrons. The molecule has 0 spiro atoms. The maximum Gasteiger partial charge on any atom is 0.0567 e. The van der Waals surface area contributed by atoms with Crippen LogP contribution in [-0.2, 0) is 6.42 Å². The molecule has 2 unspecified atom stereocenters. The van der Waals surface area contributed by atoms with E-state index in [4.69, 9.17) is 0 Å². The number of likely N-dealkylation sites (tertiary alicyclic amines) is 1. The summed E-state index contributed by atoms with van der Waals surface area (Å²) in [5.74, 6) is 0. The molecule has 2 nitrogen and oxygen atoms in total. The van der Waals surface area contributed by atoms with Crippen LogP contribution in [0.15, 0.2) is 24.3 Å². The van der Waals surface area contributed by atoms with Gasteiger partial charge >= 0.3 is 0 Å². The average molecular weight is 247 g/mol. The van der Waals surface area contributed by atoms with Gasteiger partial charge in [0.15, 0.2) is 0 Å². The van der Waals surface area contributed by atoms with Gasteiger partial charge in [-0.3, -0.25) is 0 Å². The highest BCUT2D eigenvalue weighted by Gasteiger charge is 2.23. The van der Waals surface area contributed by atoms with Crippen LogP contribution in [0.1, 0.15) is 37.3 Å². The van der Waals surface area contributed by atoms with E-state index in [0.717, 1.165) is 25.9 Å². The van der Waals surface area contributed by atoms with E-state index in [2.05, 4.69) is 43.0 Å². The van der Waals surface area contributed by atoms with Gasteiger partial charge in [-0.05, 0) is 57.2 Å². The van der Waals surface area contributed by atoms with E-state index in [9.17, 15) is 5.11 Å². The van der Waals surface area contributed by atoms with Crippen LogP contribution >= 0.6 is 0 Å². The number of hydrogen-bond acceptors (Lipinski definition) is 2. The second-order valence-electron chi connectivity index (χ2n) is 5.59. The summed E-state index contributed by atoms with van der Waals surface area (Å²) in [4.78, 5) is 2.52. The summed E-state index contributed by atoms with van der Waals surface area (Å²) in [5.41, 5.74) is 2.88. The lowest BCUT2D eigenvalue weighted by molar-refractivity contribution is 0.0479. The summed E-state index contributed by atoms with van der Waals surface area (Å²) in [7, 11) is 0. The molecular formula is C16H25NO. The van der Waals surface area contributed by atoms with Crippen LogP contribution in [-0.4, -0.2) is 35.2 Å². The van der Waals surface area contributed by atoms with E-state index in [1.165, 1.54) is 24.0 Å². The van der Waals surface area contributed by atoms with Gasteiger partial charge < -0.3 is 10.0 Å². The SMILES string of the molecule is Cc1ccccc1CCCN1CCC(O)CC1C. The van der Waals surface area contributed by atoms with E-state index in [1.807, 2.05) is 0 Å². The van der Waals surface area contributed by atoms with E-state index >= 15 is 0 Å². The van der Waals surface area contributed by atoms with Crippen LogP contribution < -0.4 is 0 Å². The fourth-order valence-corrected chi connectivity index (χ4v) is 2.89. The standard InChI is InChI=1S/C16H25NO/c1-13-6-3-4-7-15(13)8-5-10-17-11-9-16(18)12-14(17)2/h3-4,6-7,14,16,18H,5,8-12H2,1-2H3. The third-order valence-corrected chi connectivity index (χ3v) is 4.14. The van der Waals surface area contributed by atoms with Crippen LogP contribution in [0.5, 0.6) is 0 Å². The molecule has 0 aromatic heterocycles. The van der Waals surface area contributed by atoms with E-state index in [1.54, 1.807) is 0 Å². The van der Waals surface area contributed by atoms with E-state index < -0.39 is 0 Å². The highest BCUT2D eigenvalue weighted by atomic mass is 16.3. The van der Waals surface area contributed by atoms with Crippen molar-refractivity contribution >= 4 is 0 Å². The summed E-state index contributed by atoms with van der Waals surface area (Å²) in [5, 5.41) is 9.61. The highest BCUT2D eigenvalue weighted by molar-refractivity contribution is 5.25. The van der Waals surface area contributed by atoms with Gasteiger partial charge in [-0.1, -0.05) is 24.3 Å². The van der Waals surface area contributed by atoms with Crippen molar-refractivity contribution in [1.29, 1.82) is 0 Å². The Balaban J connectivity index is 1.77. The van der Waals surface area contributed by atoms with Crippen LogP contribution in [0.4, 0.5) is 0 Å². The largest absolute Gasteiger partial charge is 0.393 e. The Labute approximate surface area is 111 Å². The predicted octanol–water partition coefficient (Wildman–Crippen LogP) is 2.77. The normalized spacial score (nSPS) is 25.3. The quantitative estimate of drug-likeness (QED) is 0.884. The Hall–Kier alpha value is -0.860. The van der Waals surface area contributed by atoms with Crippen molar-refractivity contribution in [3.8, 4) is 0 Å². The van der Waals surface area contributed by atoms with E-state index in [-0.39, 0.29) is 6.10 Å². The fourth-order valence-electron chi connectivity index (χ4n) is 2.89. The van der Waals surface area contributed by atoms with Crippen LogP contribution in [0.3, 0.4) is 0 Å². The minimum absolute atomic E-state index is 0.0763. The van der Waals surface area contributed by atoms with Crippen molar-refractivity contribution in [3.05, 3.63) is 35.4 Å². The molecule has 1 saturated heterocycles. The zero-order valence-corrected chi connectivity index (χ0v) is 11.6. The van der Waals surface area contributed by atoms with Gasteiger partial charge in [0, 0.05) is 12.6 Å². The van der Waals surface area contributed by atoms with Gasteiger partial charge in [0.05, 0.1) is 6.10 Å². The average Bonchev–Trinajstić information content (AvgIpc) is 2.34. The second kappa shape index (κ2) is 6.35. The molecule has 0 bridgehead atoms. The summed E-state index contributed by atoms with van der Waals surface area (Å²) in [6, 6.07) is 9.19. The molecule has 1 fully saturated rings. The maximum absolute atomic E-state index is 9.61. The van der Waals surface area contributed by atoms with Crippen molar-refractivity contribution in [1.82, 2.24) is 4.90 Å². The number of rotatable bonds is 4. The molecule has 2 heteroatoms. The van der Waals surface area contributed by atoms with E-state index in [0.29, 0.717) is 6.04 Å². The third-order valence-electron chi connectivity index (χ3n) is 4.14. The number of nitrogens with zero attached hydrogens (tertiary/aromatic N) is 1. The lowest BCUT2D eigenvalue weighted by atomic mass is 9.99. The van der Waals surface area contributed by atoms with Gasteiger partial charge in [-0.15, -0.1) is 0 Å². The Bertz CT molecular complexity index is 377. The van der Waals surface area contributed by atoms with Crippen LogP contribution in [0.2, 0.25) is 0 Å². The summed E-state index contributed by atoms with van der Waals surface area (Å²) in [6.45, 7) is 6.63. The number of benzene rings is 1. The van der Waals surface area contributed by atoms with Gasteiger partial charge in [-0.25, -0.2) is 0 Å². The second-order valence-corrected chi connectivity index (χ2v) is 5.59. The molecule has 0 amide bonds. The topological polar surface area (TPSA) is 23.5 Å². The first-order valence-electron chi connectivity index (χ1n) is 7.13. The highest BCUT2D eigenvalue weighted by Crippen LogP contribution is 2.18. The molecule has 1 aliphatic rings. The minimum atomic E-state index is -0.0763. The van der Waals surface area contributed by atoms with Crippen molar-refractivity contribution in [2.24, 2.45) is 0 Å². The molecule has 2 rings (SSSR count). The minimum Gasteiger partial charge on any atom is -0.393 e. The first-order chi connectivity index (χ1) is 8.66. The molecule has 100 valence electrons. The smallest absolute Gasteiger partial charge is 0.0567 e. The van der Waals surface area contributed by atoms with Gasteiger partial charge in [-0.2, -0.15) is 0 Å². The molecule has 0 saturated carbocycles. The number of aliphatic hydroxyl groups is 1. The molecule has 1 aliphatic heterocycles. The molecule has 2 atom stereocenters. The van der Waals surface area contributed by atoms with Crippen LogP contribution in [0.25, 0.3) is 0 Å². The molecule has 1 heterocycles. The number of aryl methyl sites for hydroxylation is 2. The Morgan fingerprint density at radius 3 is 2.83 bits per heavy atom. The monoisotopic (exact) mass is 247 g/mol. The lowest BCUT2D eigenvalue weighted by Crippen LogP contribution is -2.43. The van der Waals surface area contributed by atoms with Gasteiger partial charge in [0.1, 0.15) is 0 Å². The van der Waals surface area contributed by atoms with Gasteiger partial charge in [0.25, 0.3) is 0 Å². The molecule has 1 aromatic carbocycles.